The van der Waals surface area contributed by atoms with Crippen molar-refractivity contribution in [2.75, 3.05) is 6.61 Å². The third-order valence-electron chi connectivity index (χ3n) is 4.90. The van der Waals surface area contributed by atoms with Gasteiger partial charge in [0.15, 0.2) is 0 Å². The molecule has 2 aliphatic rings. The van der Waals surface area contributed by atoms with Gasteiger partial charge in [-0.3, -0.25) is 0 Å². The maximum Gasteiger partial charge on any atom is 0.339 e. The number of fused-ring (bicyclic) bond motifs is 3. The van der Waals surface area contributed by atoms with E-state index in [-0.39, 0.29) is 12.2 Å². The Bertz CT molecular complexity index is 843. The summed E-state index contributed by atoms with van der Waals surface area (Å²) < 4.78 is 16.2. The van der Waals surface area contributed by atoms with Crippen LogP contribution in [-0.2, 0) is 17.6 Å². The van der Waals surface area contributed by atoms with E-state index >= 15 is 0 Å². The molecule has 0 spiro atoms. The summed E-state index contributed by atoms with van der Waals surface area (Å²) in [5.74, 6) is 0.346. The predicted octanol–water partition coefficient (Wildman–Crippen LogP) is 0.490. The van der Waals surface area contributed by atoms with Crippen molar-refractivity contribution < 1.29 is 29.2 Å². The van der Waals surface area contributed by atoms with Gasteiger partial charge in [-0.15, -0.1) is 0 Å². The van der Waals surface area contributed by atoms with Crippen molar-refractivity contribution in [2.45, 2.75) is 50.3 Å². The molecule has 25 heavy (non-hydrogen) atoms. The average molecular weight is 348 g/mol. The molecule has 1 saturated heterocycles. The van der Waals surface area contributed by atoms with E-state index in [1.165, 1.54) is 0 Å². The number of aryl methyl sites for hydroxylation is 1. The van der Waals surface area contributed by atoms with Crippen molar-refractivity contribution >= 4 is 11.0 Å². The fraction of sp³-hybridized carbons (Fsp3) is 0.500. The van der Waals surface area contributed by atoms with Gasteiger partial charge in [0, 0.05) is 17.0 Å². The summed E-state index contributed by atoms with van der Waals surface area (Å²) in [6.07, 6.45) is -1.35. The van der Waals surface area contributed by atoms with Crippen LogP contribution in [0.5, 0.6) is 5.75 Å². The Morgan fingerprint density at radius 1 is 1.04 bits per heavy atom. The average Bonchev–Trinajstić information content (AvgIpc) is 2.62. The Morgan fingerprint density at radius 3 is 2.60 bits per heavy atom. The lowest BCUT2D eigenvalue weighted by Crippen LogP contribution is -2.54. The molecule has 1 aliphatic heterocycles. The van der Waals surface area contributed by atoms with Crippen molar-refractivity contribution in [3.63, 3.8) is 0 Å². The van der Waals surface area contributed by atoms with Gasteiger partial charge in [0.1, 0.15) is 29.6 Å². The second-order valence-electron chi connectivity index (χ2n) is 6.58. The standard InChI is InChI=1S/C18H20O7/c19-13-8-23-18(16(21)15(13)20)24-9-5-6-11-10-3-1-2-4-12(10)17(22)25-14(11)7-9/h5-7,13,15-16,18-21H,1-4,8H2/t13-,15-,16+,18-/m1/s1. The number of aliphatic hydroxyl groups is 3. The highest BCUT2D eigenvalue weighted by Crippen LogP contribution is 2.30. The third-order valence-corrected chi connectivity index (χ3v) is 4.90. The van der Waals surface area contributed by atoms with E-state index in [9.17, 15) is 20.1 Å². The summed E-state index contributed by atoms with van der Waals surface area (Å²) in [6.45, 7) is -0.140. The van der Waals surface area contributed by atoms with Crippen molar-refractivity contribution in [2.24, 2.45) is 0 Å². The Labute approximate surface area is 143 Å². The summed E-state index contributed by atoms with van der Waals surface area (Å²) in [6, 6.07) is 5.13. The molecule has 0 unspecified atom stereocenters. The molecular weight excluding hydrogens is 328 g/mol. The molecule has 0 radical (unpaired) electrons. The van der Waals surface area contributed by atoms with Gasteiger partial charge in [-0.25, -0.2) is 4.79 Å². The SMILES string of the molecule is O=c1oc2cc(O[C@H]3OC[C@@H](O)[C@@H](O)[C@@H]3O)ccc2c2c1CCCC2. The highest BCUT2D eigenvalue weighted by atomic mass is 16.7. The van der Waals surface area contributed by atoms with Gasteiger partial charge >= 0.3 is 5.63 Å². The van der Waals surface area contributed by atoms with Crippen molar-refractivity contribution in [1.29, 1.82) is 0 Å². The molecular formula is C18H20O7. The highest BCUT2D eigenvalue weighted by molar-refractivity contribution is 5.82. The molecule has 1 fully saturated rings. The second kappa shape index (κ2) is 6.42. The number of hydrogen-bond acceptors (Lipinski definition) is 7. The summed E-state index contributed by atoms with van der Waals surface area (Å²) in [5, 5.41) is 30.0. The first-order valence-corrected chi connectivity index (χ1v) is 8.45. The van der Waals surface area contributed by atoms with Crippen LogP contribution in [0, 0.1) is 0 Å². The third kappa shape index (κ3) is 2.93. The first-order chi connectivity index (χ1) is 12.0. The van der Waals surface area contributed by atoms with E-state index in [0.29, 0.717) is 11.3 Å². The fourth-order valence-corrected chi connectivity index (χ4v) is 3.52. The zero-order chi connectivity index (χ0) is 17.6. The molecule has 3 N–H and O–H groups in total. The maximum absolute atomic E-state index is 12.2. The minimum Gasteiger partial charge on any atom is -0.462 e. The second-order valence-corrected chi connectivity index (χ2v) is 6.58. The van der Waals surface area contributed by atoms with Crippen LogP contribution in [0.25, 0.3) is 11.0 Å². The molecule has 2 aromatic rings. The van der Waals surface area contributed by atoms with Crippen molar-refractivity contribution in [1.82, 2.24) is 0 Å². The van der Waals surface area contributed by atoms with E-state index in [1.807, 2.05) is 6.07 Å². The van der Waals surface area contributed by atoms with Gasteiger partial charge in [0.25, 0.3) is 0 Å². The first-order valence-electron chi connectivity index (χ1n) is 8.45. The minimum atomic E-state index is -1.38. The summed E-state index contributed by atoms with van der Waals surface area (Å²) in [4.78, 5) is 12.2. The van der Waals surface area contributed by atoms with Crippen LogP contribution in [0.2, 0.25) is 0 Å². The van der Waals surface area contributed by atoms with Crippen molar-refractivity contribution in [3.8, 4) is 5.75 Å². The van der Waals surface area contributed by atoms with Gasteiger partial charge in [-0.05, 0) is 43.4 Å². The lowest BCUT2D eigenvalue weighted by molar-refractivity contribution is -0.242. The molecule has 2 heterocycles. The smallest absolute Gasteiger partial charge is 0.339 e. The van der Waals surface area contributed by atoms with E-state index in [2.05, 4.69) is 0 Å². The lowest BCUT2D eigenvalue weighted by atomic mass is 9.91. The van der Waals surface area contributed by atoms with Gasteiger partial charge in [0.05, 0.1) is 6.61 Å². The number of rotatable bonds is 2. The van der Waals surface area contributed by atoms with Gasteiger partial charge in [-0.2, -0.15) is 0 Å². The molecule has 4 rings (SSSR count). The molecule has 7 heteroatoms. The lowest BCUT2D eigenvalue weighted by Gasteiger charge is -2.34. The predicted molar refractivity (Wildman–Crippen MR) is 87.5 cm³/mol. The Kier molecular flexibility index (Phi) is 4.24. The number of benzene rings is 1. The molecule has 0 bridgehead atoms. The van der Waals surface area contributed by atoms with Crippen LogP contribution in [0.4, 0.5) is 0 Å². The van der Waals surface area contributed by atoms with Crippen LogP contribution in [0.1, 0.15) is 24.0 Å². The quantitative estimate of drug-likeness (QED) is 0.678. The summed E-state index contributed by atoms with van der Waals surface area (Å²) >= 11 is 0. The van der Waals surface area contributed by atoms with E-state index in [1.54, 1.807) is 12.1 Å². The highest BCUT2D eigenvalue weighted by Gasteiger charge is 2.39. The van der Waals surface area contributed by atoms with Crippen LogP contribution >= 0.6 is 0 Å². The Hall–Kier alpha value is -1.93. The normalized spacial score (nSPS) is 29.4. The van der Waals surface area contributed by atoms with Gasteiger partial charge in [-0.1, -0.05) is 0 Å². The van der Waals surface area contributed by atoms with E-state index < -0.39 is 24.6 Å². The summed E-state index contributed by atoms with van der Waals surface area (Å²) in [7, 11) is 0. The molecule has 1 aromatic heterocycles. The number of ether oxygens (including phenoxy) is 2. The molecule has 0 amide bonds. The van der Waals surface area contributed by atoms with Crippen LogP contribution in [0.15, 0.2) is 27.4 Å². The van der Waals surface area contributed by atoms with Gasteiger partial charge < -0.3 is 29.2 Å². The summed E-state index contributed by atoms with van der Waals surface area (Å²) in [5.41, 5.74) is 1.91. The molecule has 134 valence electrons. The maximum atomic E-state index is 12.2. The van der Waals surface area contributed by atoms with Crippen LogP contribution in [-0.4, -0.2) is 46.5 Å². The van der Waals surface area contributed by atoms with Gasteiger partial charge in [0.2, 0.25) is 6.29 Å². The molecule has 1 aliphatic carbocycles. The Morgan fingerprint density at radius 2 is 1.80 bits per heavy atom. The van der Waals surface area contributed by atoms with E-state index in [0.717, 1.165) is 42.2 Å². The topological polar surface area (TPSA) is 109 Å². The zero-order valence-corrected chi connectivity index (χ0v) is 13.6. The largest absolute Gasteiger partial charge is 0.462 e. The van der Waals surface area contributed by atoms with Crippen LogP contribution < -0.4 is 10.4 Å². The number of aliphatic hydroxyl groups excluding tert-OH is 3. The molecule has 1 aromatic carbocycles. The van der Waals surface area contributed by atoms with Crippen LogP contribution in [0.3, 0.4) is 0 Å². The monoisotopic (exact) mass is 348 g/mol. The molecule has 0 saturated carbocycles. The molecule has 4 atom stereocenters. The molecule has 7 nitrogen and oxygen atoms in total. The van der Waals surface area contributed by atoms with E-state index in [4.69, 9.17) is 13.9 Å². The zero-order valence-electron chi connectivity index (χ0n) is 13.6. The number of hydrogen-bond donors (Lipinski definition) is 3. The first kappa shape index (κ1) is 16.5. The fourth-order valence-electron chi connectivity index (χ4n) is 3.52. The minimum absolute atomic E-state index is 0.140. The Balaban J connectivity index is 1.65. The van der Waals surface area contributed by atoms with Crippen molar-refractivity contribution in [3.05, 3.63) is 39.7 Å².